The SMILES string of the molecule is O=C1CCC(N2Cc3cc(C4CCN(Cc5cnn(-c6ccccc6)c5)CC4)ccc3C2=O)C(=O)N1. The Morgan fingerprint density at radius 2 is 1.78 bits per heavy atom. The van der Waals surface area contributed by atoms with E-state index in [9.17, 15) is 14.4 Å². The van der Waals surface area contributed by atoms with Crippen LogP contribution >= 0.6 is 0 Å². The van der Waals surface area contributed by atoms with Crippen LogP contribution in [0, 0.1) is 0 Å². The van der Waals surface area contributed by atoms with E-state index in [1.54, 1.807) is 4.90 Å². The topological polar surface area (TPSA) is 87.5 Å². The summed E-state index contributed by atoms with van der Waals surface area (Å²) in [7, 11) is 0. The number of imide groups is 1. The van der Waals surface area contributed by atoms with Gasteiger partial charge in [-0.05, 0) is 67.6 Å². The molecule has 0 spiro atoms. The number of carbonyl (C=O) groups excluding carboxylic acids is 3. The molecule has 3 aromatic rings. The summed E-state index contributed by atoms with van der Waals surface area (Å²) in [6.07, 6.45) is 6.85. The van der Waals surface area contributed by atoms with Gasteiger partial charge in [0.2, 0.25) is 11.8 Å². The maximum absolute atomic E-state index is 13.0. The van der Waals surface area contributed by atoms with Crippen LogP contribution in [0.3, 0.4) is 0 Å². The first-order valence-electron chi connectivity index (χ1n) is 12.6. The van der Waals surface area contributed by atoms with Crippen LogP contribution < -0.4 is 5.32 Å². The Bertz CT molecular complexity index is 1310. The molecule has 6 rings (SSSR count). The molecule has 4 heterocycles. The van der Waals surface area contributed by atoms with E-state index < -0.39 is 6.04 Å². The number of nitrogens with zero attached hydrogens (tertiary/aromatic N) is 4. The number of nitrogens with one attached hydrogen (secondary N) is 1. The second-order valence-corrected chi connectivity index (χ2v) is 10.00. The molecule has 1 N–H and O–H groups in total. The second-order valence-electron chi connectivity index (χ2n) is 10.00. The Morgan fingerprint density at radius 1 is 0.972 bits per heavy atom. The number of rotatable bonds is 5. The van der Waals surface area contributed by atoms with E-state index in [4.69, 9.17) is 0 Å². The molecule has 8 heteroatoms. The molecule has 1 atom stereocenters. The maximum Gasteiger partial charge on any atom is 0.255 e. The maximum atomic E-state index is 13.0. The number of amides is 3. The highest BCUT2D eigenvalue weighted by atomic mass is 16.2. The van der Waals surface area contributed by atoms with Gasteiger partial charge in [-0.1, -0.05) is 30.3 Å². The number of carbonyl (C=O) groups is 3. The fourth-order valence-electron chi connectivity index (χ4n) is 5.69. The Kier molecular flexibility index (Phi) is 5.89. The molecule has 1 unspecified atom stereocenters. The summed E-state index contributed by atoms with van der Waals surface area (Å²) in [5.41, 5.74) is 5.20. The van der Waals surface area contributed by atoms with Gasteiger partial charge in [-0.25, -0.2) is 4.68 Å². The van der Waals surface area contributed by atoms with Crippen LogP contribution in [0.15, 0.2) is 60.9 Å². The van der Waals surface area contributed by atoms with Crippen LogP contribution in [0.1, 0.15) is 58.6 Å². The Hall–Kier alpha value is -3.78. The van der Waals surface area contributed by atoms with Crippen LogP contribution in [0.25, 0.3) is 5.69 Å². The van der Waals surface area contributed by atoms with Gasteiger partial charge >= 0.3 is 0 Å². The summed E-state index contributed by atoms with van der Waals surface area (Å²) in [6.45, 7) is 3.34. The van der Waals surface area contributed by atoms with Crippen molar-refractivity contribution in [1.29, 1.82) is 0 Å². The molecule has 3 aliphatic heterocycles. The van der Waals surface area contributed by atoms with Crippen LogP contribution in [0.2, 0.25) is 0 Å². The molecular weight excluding hydrogens is 454 g/mol. The molecule has 0 radical (unpaired) electrons. The van der Waals surface area contributed by atoms with E-state index in [1.807, 2.05) is 35.1 Å². The van der Waals surface area contributed by atoms with Gasteiger partial charge in [-0.2, -0.15) is 5.10 Å². The van der Waals surface area contributed by atoms with Gasteiger partial charge in [0, 0.05) is 36.8 Å². The third kappa shape index (κ3) is 4.33. The van der Waals surface area contributed by atoms with Crippen molar-refractivity contribution in [3.05, 3.63) is 83.2 Å². The van der Waals surface area contributed by atoms with Gasteiger partial charge in [0.25, 0.3) is 5.91 Å². The zero-order chi connectivity index (χ0) is 24.6. The van der Waals surface area contributed by atoms with E-state index in [2.05, 4.69) is 45.8 Å². The minimum atomic E-state index is -0.569. The van der Waals surface area contributed by atoms with E-state index in [0.29, 0.717) is 24.4 Å². The first-order valence-corrected chi connectivity index (χ1v) is 12.6. The van der Waals surface area contributed by atoms with Crippen molar-refractivity contribution in [3.63, 3.8) is 0 Å². The van der Waals surface area contributed by atoms with Gasteiger partial charge in [0.05, 0.1) is 11.9 Å². The van der Waals surface area contributed by atoms with Crippen LogP contribution in [-0.2, 0) is 22.7 Å². The summed E-state index contributed by atoms with van der Waals surface area (Å²) < 4.78 is 1.92. The molecule has 2 fully saturated rings. The van der Waals surface area contributed by atoms with E-state index in [-0.39, 0.29) is 24.1 Å². The number of hydrogen-bond donors (Lipinski definition) is 1. The summed E-state index contributed by atoms with van der Waals surface area (Å²) in [5.74, 6) is -0.288. The first-order chi connectivity index (χ1) is 17.5. The first kappa shape index (κ1) is 22.7. The van der Waals surface area contributed by atoms with E-state index in [0.717, 1.165) is 43.7 Å². The van der Waals surface area contributed by atoms with Gasteiger partial charge in [-0.3, -0.25) is 24.6 Å². The quantitative estimate of drug-likeness (QED) is 0.564. The van der Waals surface area contributed by atoms with Crippen LogP contribution in [0.5, 0.6) is 0 Å². The molecule has 0 saturated carbocycles. The largest absolute Gasteiger partial charge is 0.322 e. The van der Waals surface area contributed by atoms with E-state index >= 15 is 0 Å². The number of fused-ring (bicyclic) bond motifs is 1. The van der Waals surface area contributed by atoms with Crippen molar-refractivity contribution < 1.29 is 14.4 Å². The number of aromatic nitrogens is 2. The molecule has 3 aliphatic rings. The van der Waals surface area contributed by atoms with Crippen molar-refractivity contribution in [3.8, 4) is 5.69 Å². The number of para-hydroxylation sites is 1. The summed E-state index contributed by atoms with van der Waals surface area (Å²) in [6, 6.07) is 15.7. The predicted molar refractivity (Wildman–Crippen MR) is 133 cm³/mol. The Balaban J connectivity index is 1.07. The average Bonchev–Trinajstić information content (AvgIpc) is 3.49. The van der Waals surface area contributed by atoms with Gasteiger partial charge < -0.3 is 4.90 Å². The van der Waals surface area contributed by atoms with Gasteiger partial charge in [0.15, 0.2) is 0 Å². The van der Waals surface area contributed by atoms with Crippen LogP contribution in [0.4, 0.5) is 0 Å². The number of hydrogen-bond acceptors (Lipinski definition) is 5. The standard InChI is InChI=1S/C28H29N5O3/c34-26-9-8-25(27(35)30-26)32-18-22-14-21(6-7-24(22)28(32)36)20-10-12-31(13-11-20)16-19-15-29-33(17-19)23-4-2-1-3-5-23/h1-7,14-15,17,20,25H,8-13,16,18H2,(H,30,34,35). The number of likely N-dealkylation sites (tertiary alicyclic amines) is 1. The fourth-order valence-corrected chi connectivity index (χ4v) is 5.69. The average molecular weight is 484 g/mol. The second kappa shape index (κ2) is 9.35. The molecule has 3 amide bonds. The van der Waals surface area contributed by atoms with E-state index in [1.165, 1.54) is 11.1 Å². The molecular formula is C28H29N5O3. The fraction of sp³-hybridized carbons (Fsp3) is 0.357. The predicted octanol–water partition coefficient (Wildman–Crippen LogP) is 3.01. The minimum absolute atomic E-state index is 0.114. The summed E-state index contributed by atoms with van der Waals surface area (Å²) in [5, 5.41) is 6.88. The smallest absolute Gasteiger partial charge is 0.255 e. The lowest BCUT2D eigenvalue weighted by Crippen LogP contribution is -2.52. The zero-order valence-electron chi connectivity index (χ0n) is 20.1. The molecule has 2 saturated heterocycles. The minimum Gasteiger partial charge on any atom is -0.322 e. The van der Waals surface area contributed by atoms with Crippen molar-refractivity contribution in [2.75, 3.05) is 13.1 Å². The van der Waals surface area contributed by atoms with Gasteiger partial charge in [0.1, 0.15) is 6.04 Å². The highest BCUT2D eigenvalue weighted by Crippen LogP contribution is 2.34. The highest BCUT2D eigenvalue weighted by molar-refractivity contribution is 6.05. The highest BCUT2D eigenvalue weighted by Gasteiger charge is 2.39. The Morgan fingerprint density at radius 3 is 2.56 bits per heavy atom. The number of benzene rings is 2. The third-order valence-electron chi connectivity index (χ3n) is 7.67. The summed E-state index contributed by atoms with van der Waals surface area (Å²) >= 11 is 0. The molecule has 8 nitrogen and oxygen atoms in total. The van der Waals surface area contributed by atoms with Crippen molar-refractivity contribution in [1.82, 2.24) is 24.9 Å². The third-order valence-corrected chi connectivity index (χ3v) is 7.67. The van der Waals surface area contributed by atoms with Crippen molar-refractivity contribution >= 4 is 17.7 Å². The van der Waals surface area contributed by atoms with Crippen molar-refractivity contribution in [2.45, 2.75) is 50.7 Å². The van der Waals surface area contributed by atoms with Crippen LogP contribution in [-0.4, -0.2) is 56.4 Å². The molecule has 1 aromatic heterocycles. The molecule has 0 aliphatic carbocycles. The monoisotopic (exact) mass is 483 g/mol. The molecule has 36 heavy (non-hydrogen) atoms. The zero-order valence-corrected chi connectivity index (χ0v) is 20.1. The lowest BCUT2D eigenvalue weighted by atomic mass is 9.88. The lowest BCUT2D eigenvalue weighted by Gasteiger charge is -2.32. The molecule has 184 valence electrons. The lowest BCUT2D eigenvalue weighted by molar-refractivity contribution is -0.136. The summed E-state index contributed by atoms with van der Waals surface area (Å²) in [4.78, 5) is 40.9. The van der Waals surface area contributed by atoms with Crippen molar-refractivity contribution in [2.24, 2.45) is 0 Å². The van der Waals surface area contributed by atoms with Gasteiger partial charge in [-0.15, -0.1) is 0 Å². The molecule has 0 bridgehead atoms. The number of piperidine rings is 2. The molecule has 2 aromatic carbocycles. The Labute approximate surface area is 209 Å². The normalized spacial score (nSPS) is 21.1.